The largest absolute Gasteiger partial charge is 0.484 e. The zero-order valence-electron chi connectivity index (χ0n) is 42.2. The third-order valence-electron chi connectivity index (χ3n) is 17.6. The molecule has 1 aliphatic heterocycles. The van der Waals surface area contributed by atoms with Crippen LogP contribution >= 0.6 is 22.7 Å². The molecule has 0 saturated heterocycles. The molecule has 370 valence electrons. The minimum absolute atomic E-state index is 0.0447. The Kier molecular flexibility index (Phi) is 9.14. The van der Waals surface area contributed by atoms with E-state index >= 15 is 0 Å². The highest BCUT2D eigenvalue weighted by Gasteiger charge is 2.44. The van der Waals surface area contributed by atoms with Crippen molar-refractivity contribution in [2.24, 2.45) is 5.92 Å². The molecule has 0 spiro atoms. The quantitative estimate of drug-likeness (QED) is 0.155. The van der Waals surface area contributed by atoms with Crippen molar-refractivity contribution in [3.8, 4) is 17.1 Å². The van der Waals surface area contributed by atoms with Gasteiger partial charge in [-0.1, -0.05) is 151 Å². The summed E-state index contributed by atoms with van der Waals surface area (Å²) >= 11 is 3.69. The standard InChI is InChI=1S/C70H46N4O2S2/c1-2-13-38(14-3-1)53-34-42(70-72-68(40-25-27-47-45-17-6-10-23-59(45)77-61(47)36-40)71-69(73-70)41-26-28-48-46-18-7-11-24-60(46)78-62(48)37-41)35-54(43-20-12-15-39-33-52(39)43)65(53)74-55-21-8-4-19-50(55)63-56(74)31-29-51-64-58(76-67(51)63)32-30-49-44-16-5-9-22-57(44)75-66(49)64/h1-11,13-14,16-25,27,29-37,52-53,58,64-65H,12,15,26,28H2/t52?,53-,58?,64?,65?/m0/s1. The van der Waals surface area contributed by atoms with E-state index in [0.29, 0.717) is 17.6 Å². The van der Waals surface area contributed by atoms with Gasteiger partial charge in [0, 0.05) is 85.5 Å². The van der Waals surface area contributed by atoms with Gasteiger partial charge in [-0.3, -0.25) is 0 Å². The average molecular weight is 1040 g/mol. The van der Waals surface area contributed by atoms with Crippen LogP contribution in [0, 0.1) is 5.92 Å². The van der Waals surface area contributed by atoms with Crippen molar-refractivity contribution >= 4 is 109 Å². The summed E-state index contributed by atoms with van der Waals surface area (Å²) in [6, 6.07) is 57.3. The summed E-state index contributed by atoms with van der Waals surface area (Å²) in [7, 11) is 0. The molecule has 0 N–H and O–H groups in total. The molecule has 0 fully saturated rings. The number of furan rings is 1. The Labute approximate surface area is 457 Å². The van der Waals surface area contributed by atoms with Crippen molar-refractivity contribution in [3.63, 3.8) is 0 Å². The molecule has 6 nitrogen and oxygen atoms in total. The average Bonchev–Trinajstić information content (AvgIpc) is 4.05. The van der Waals surface area contributed by atoms with Gasteiger partial charge in [-0.15, -0.1) is 22.7 Å². The van der Waals surface area contributed by atoms with Gasteiger partial charge in [0.05, 0.1) is 17.5 Å². The number of nitrogens with zero attached hydrogens (tertiary/aromatic N) is 4. The first kappa shape index (κ1) is 43.4. The number of benzene rings is 7. The third kappa shape index (κ3) is 6.38. The third-order valence-corrected chi connectivity index (χ3v) is 19.9. The number of hydrogen-bond donors (Lipinski definition) is 0. The minimum atomic E-state index is -0.168. The summed E-state index contributed by atoms with van der Waals surface area (Å²) in [5.74, 6) is 4.23. The molecule has 6 aliphatic rings. The van der Waals surface area contributed by atoms with Crippen LogP contribution in [0.5, 0.6) is 5.75 Å². The maximum Gasteiger partial charge on any atom is 0.164 e. The van der Waals surface area contributed by atoms with E-state index in [4.69, 9.17) is 24.1 Å². The molecule has 6 heterocycles. The highest BCUT2D eigenvalue weighted by atomic mass is 32.1. The van der Waals surface area contributed by atoms with Crippen LogP contribution in [0.1, 0.15) is 81.7 Å². The van der Waals surface area contributed by atoms with Crippen LogP contribution in [0.25, 0.3) is 97.7 Å². The molecule has 18 rings (SSSR count). The van der Waals surface area contributed by atoms with E-state index in [1.807, 2.05) is 22.7 Å². The van der Waals surface area contributed by atoms with Crippen molar-refractivity contribution in [1.29, 1.82) is 0 Å². The molecule has 0 saturated carbocycles. The molecule has 4 unspecified atom stereocenters. The monoisotopic (exact) mass is 1040 g/mol. The maximum absolute atomic E-state index is 7.19. The van der Waals surface area contributed by atoms with Crippen LogP contribution in [0.4, 0.5) is 0 Å². The van der Waals surface area contributed by atoms with Gasteiger partial charge in [-0.05, 0) is 114 Å². The molecule has 5 aliphatic carbocycles. The van der Waals surface area contributed by atoms with E-state index in [9.17, 15) is 0 Å². The summed E-state index contributed by atoms with van der Waals surface area (Å²) in [5, 5.41) is 7.37. The highest BCUT2D eigenvalue weighted by Crippen LogP contribution is 2.57. The van der Waals surface area contributed by atoms with Crippen LogP contribution in [0.3, 0.4) is 0 Å². The van der Waals surface area contributed by atoms with Crippen molar-refractivity contribution in [2.75, 3.05) is 0 Å². The Morgan fingerprint density at radius 3 is 2.27 bits per heavy atom. The minimum Gasteiger partial charge on any atom is -0.484 e. The van der Waals surface area contributed by atoms with E-state index in [0.717, 1.165) is 87.2 Å². The lowest BCUT2D eigenvalue weighted by Crippen LogP contribution is -2.24. The van der Waals surface area contributed by atoms with Gasteiger partial charge in [0.25, 0.3) is 0 Å². The molecule has 0 radical (unpaired) electrons. The van der Waals surface area contributed by atoms with E-state index in [2.05, 4.69) is 205 Å². The summed E-state index contributed by atoms with van der Waals surface area (Å²) < 4.78 is 20.4. The van der Waals surface area contributed by atoms with Crippen LogP contribution in [0.15, 0.2) is 209 Å². The van der Waals surface area contributed by atoms with E-state index in [-0.39, 0.29) is 24.0 Å². The highest BCUT2D eigenvalue weighted by molar-refractivity contribution is 7.25. The van der Waals surface area contributed by atoms with Gasteiger partial charge in [-0.2, -0.15) is 0 Å². The lowest BCUT2D eigenvalue weighted by Gasteiger charge is -2.36. The van der Waals surface area contributed by atoms with Crippen molar-refractivity contribution in [1.82, 2.24) is 19.5 Å². The number of ether oxygens (including phenoxy) is 1. The summed E-state index contributed by atoms with van der Waals surface area (Å²) in [4.78, 5) is 17.9. The number of fused-ring (bicyclic) bond motifs is 18. The van der Waals surface area contributed by atoms with Gasteiger partial charge in [-0.25, -0.2) is 15.0 Å². The number of allylic oxidation sites excluding steroid dienone is 9. The van der Waals surface area contributed by atoms with Gasteiger partial charge < -0.3 is 13.7 Å². The fourth-order valence-electron chi connectivity index (χ4n) is 14.0. The number of para-hydroxylation sites is 2. The molecule has 0 bridgehead atoms. The van der Waals surface area contributed by atoms with Crippen LogP contribution in [-0.2, 0) is 6.42 Å². The zero-order chi connectivity index (χ0) is 50.7. The Hall–Kier alpha value is -8.69. The molecule has 12 aromatic rings. The fourth-order valence-corrected chi connectivity index (χ4v) is 16.4. The second-order valence-corrected chi connectivity index (χ2v) is 24.0. The molecule has 5 atom stereocenters. The smallest absolute Gasteiger partial charge is 0.164 e. The summed E-state index contributed by atoms with van der Waals surface area (Å²) in [6.07, 6.45) is 20.5. The van der Waals surface area contributed by atoms with Crippen LogP contribution in [-0.4, -0.2) is 25.6 Å². The molecule has 7 aromatic carbocycles. The van der Waals surface area contributed by atoms with Crippen LogP contribution < -0.4 is 4.74 Å². The molecule has 8 heteroatoms. The number of aryl methyl sites for hydroxylation is 1. The predicted octanol–water partition coefficient (Wildman–Crippen LogP) is 18.0. The lowest BCUT2D eigenvalue weighted by atomic mass is 9.75. The van der Waals surface area contributed by atoms with E-state index in [1.54, 1.807) is 5.57 Å². The number of aromatic nitrogens is 4. The first-order valence-electron chi connectivity index (χ1n) is 27.3. The Morgan fingerprint density at radius 1 is 0.590 bits per heavy atom. The summed E-state index contributed by atoms with van der Waals surface area (Å²) in [6.45, 7) is 0. The van der Waals surface area contributed by atoms with Gasteiger partial charge in [0.1, 0.15) is 23.2 Å². The summed E-state index contributed by atoms with van der Waals surface area (Å²) in [5.41, 5.74) is 15.6. The first-order valence-corrected chi connectivity index (χ1v) is 29.0. The molecule has 78 heavy (non-hydrogen) atoms. The maximum atomic E-state index is 7.19. The second kappa shape index (κ2) is 16.4. The number of rotatable bonds is 6. The van der Waals surface area contributed by atoms with Gasteiger partial charge >= 0.3 is 0 Å². The Morgan fingerprint density at radius 2 is 1.36 bits per heavy atom. The first-order chi connectivity index (χ1) is 38.6. The van der Waals surface area contributed by atoms with Crippen molar-refractivity contribution < 1.29 is 9.15 Å². The predicted molar refractivity (Wildman–Crippen MR) is 320 cm³/mol. The van der Waals surface area contributed by atoms with Gasteiger partial charge in [0.15, 0.2) is 17.5 Å². The SMILES string of the molecule is C1=CC2Oc3c(ccc4c3c3ccccc3n4C3C(C4=CCCC5=CC54)=CC(c4nc(C5=Cc6sc7ccccc7c6CC5)nc(-c5ccc6c(c5)sc5ccccc56)n4)=C[C@H]3c3ccccc3)C2c2oc3ccccc3c21. The van der Waals surface area contributed by atoms with E-state index in [1.165, 1.54) is 73.9 Å². The Bertz CT molecular complexity index is 4820. The molecular formula is C70H46N4O2S2. The number of thiophene rings is 2. The Balaban J connectivity index is 0.850. The lowest BCUT2D eigenvalue weighted by molar-refractivity contribution is 0.258. The fraction of sp³-hybridized carbons (Fsp3) is 0.129. The van der Waals surface area contributed by atoms with E-state index < -0.39 is 0 Å². The zero-order valence-corrected chi connectivity index (χ0v) is 43.8. The molecule has 5 aromatic heterocycles. The van der Waals surface area contributed by atoms with Crippen molar-refractivity contribution in [2.45, 2.75) is 49.7 Å². The van der Waals surface area contributed by atoms with Gasteiger partial charge in [0.2, 0.25) is 0 Å². The normalized spacial score (nSPS) is 20.9. The molecular weight excluding hydrogens is 993 g/mol. The van der Waals surface area contributed by atoms with Crippen LogP contribution in [0.2, 0.25) is 0 Å². The second-order valence-electron chi connectivity index (χ2n) is 21.8. The number of hydrogen-bond acceptors (Lipinski definition) is 7. The topological polar surface area (TPSA) is 66.0 Å². The van der Waals surface area contributed by atoms with Crippen molar-refractivity contribution in [3.05, 3.63) is 249 Å². The molecule has 0 amide bonds.